The molecule has 1 aromatic rings. The molecule has 2 amide bonds. The second-order valence-electron chi connectivity index (χ2n) is 10.8. The Morgan fingerprint density at radius 3 is 2.27 bits per heavy atom. The quantitative estimate of drug-likeness (QED) is 0.707. The number of hydrogen-bond donors (Lipinski definition) is 1. The lowest BCUT2D eigenvalue weighted by molar-refractivity contribution is -0.149. The average molecular weight is 466 g/mol. The summed E-state index contributed by atoms with van der Waals surface area (Å²) < 4.78 is 16.5. The number of aromatic nitrogens is 2. The molecule has 2 atom stereocenters. The molecule has 0 aliphatic carbocycles. The molecule has 10 nitrogen and oxygen atoms in total. The molecule has 1 aromatic heterocycles. The fourth-order valence-electron chi connectivity index (χ4n) is 4.33. The van der Waals surface area contributed by atoms with E-state index >= 15 is 0 Å². The van der Waals surface area contributed by atoms with Crippen molar-refractivity contribution in [1.29, 1.82) is 0 Å². The van der Waals surface area contributed by atoms with Crippen LogP contribution in [0.2, 0.25) is 0 Å². The van der Waals surface area contributed by atoms with Crippen molar-refractivity contribution < 1.29 is 23.6 Å². The first-order chi connectivity index (χ1) is 15.3. The van der Waals surface area contributed by atoms with Crippen LogP contribution in [0, 0.1) is 5.92 Å². The van der Waals surface area contributed by atoms with Crippen molar-refractivity contribution in [2.45, 2.75) is 91.2 Å². The zero-order chi connectivity index (χ0) is 24.4. The summed E-state index contributed by atoms with van der Waals surface area (Å²) in [6, 6.07) is 0. The van der Waals surface area contributed by atoms with Gasteiger partial charge in [-0.25, -0.2) is 4.79 Å². The summed E-state index contributed by atoms with van der Waals surface area (Å²) in [6.45, 7) is 16.5. The summed E-state index contributed by atoms with van der Waals surface area (Å²) in [5.74, 6) is 1.18. The third-order valence-corrected chi connectivity index (χ3v) is 5.87. The van der Waals surface area contributed by atoms with Crippen LogP contribution in [-0.2, 0) is 26.4 Å². The van der Waals surface area contributed by atoms with Crippen molar-refractivity contribution in [2.24, 2.45) is 5.92 Å². The predicted molar refractivity (Wildman–Crippen MR) is 121 cm³/mol. The Labute approximate surface area is 196 Å². The fraction of sp³-hybridized carbons (Fsp3) is 0.826. The van der Waals surface area contributed by atoms with Crippen LogP contribution in [0.3, 0.4) is 0 Å². The van der Waals surface area contributed by atoms with Crippen LogP contribution in [0.1, 0.15) is 73.0 Å². The third-order valence-electron chi connectivity index (χ3n) is 5.87. The van der Waals surface area contributed by atoms with Crippen molar-refractivity contribution >= 4 is 12.0 Å². The first kappa shape index (κ1) is 25.4. The molecule has 2 aliphatic heterocycles. The number of carbonyl (C=O) groups is 2. The summed E-state index contributed by atoms with van der Waals surface area (Å²) in [7, 11) is 0. The van der Waals surface area contributed by atoms with Gasteiger partial charge < -0.3 is 24.2 Å². The molecule has 2 fully saturated rings. The molecule has 10 heteroatoms. The summed E-state index contributed by atoms with van der Waals surface area (Å²) in [5.41, 5.74) is -1.43. The van der Waals surface area contributed by atoms with E-state index < -0.39 is 17.2 Å². The van der Waals surface area contributed by atoms with Gasteiger partial charge in [-0.3, -0.25) is 9.69 Å². The lowest BCUT2D eigenvalue weighted by Gasteiger charge is -2.39. The van der Waals surface area contributed by atoms with Gasteiger partial charge in [0.1, 0.15) is 11.1 Å². The van der Waals surface area contributed by atoms with Gasteiger partial charge in [-0.1, -0.05) is 5.16 Å². The largest absolute Gasteiger partial charge is 0.444 e. The molecule has 1 N–H and O–H groups in total. The van der Waals surface area contributed by atoms with Crippen LogP contribution < -0.4 is 5.32 Å². The maximum Gasteiger partial charge on any atom is 0.408 e. The highest BCUT2D eigenvalue weighted by molar-refractivity contribution is 5.79. The van der Waals surface area contributed by atoms with Crippen LogP contribution >= 0.6 is 0 Å². The predicted octanol–water partition coefficient (Wildman–Crippen LogP) is 2.68. The zero-order valence-electron chi connectivity index (χ0n) is 21.0. The molecule has 0 saturated carbocycles. The first-order valence-electron chi connectivity index (χ1n) is 11.8. The number of amides is 2. The van der Waals surface area contributed by atoms with E-state index in [4.69, 9.17) is 14.0 Å². The van der Waals surface area contributed by atoms with Gasteiger partial charge in [0.05, 0.1) is 18.8 Å². The molecular weight excluding hydrogens is 426 g/mol. The average Bonchev–Trinajstić information content (AvgIpc) is 3.15. The number of piperidine rings is 1. The van der Waals surface area contributed by atoms with E-state index in [0.29, 0.717) is 31.3 Å². The van der Waals surface area contributed by atoms with Crippen LogP contribution in [0.15, 0.2) is 4.52 Å². The smallest absolute Gasteiger partial charge is 0.408 e. The van der Waals surface area contributed by atoms with Gasteiger partial charge in [0.15, 0.2) is 5.82 Å². The molecule has 2 saturated heterocycles. The molecule has 33 heavy (non-hydrogen) atoms. The zero-order valence-corrected chi connectivity index (χ0v) is 21.0. The Hall–Kier alpha value is -2.20. The molecular formula is C23H39N5O5. The number of hydrogen-bond acceptors (Lipinski definition) is 8. The van der Waals surface area contributed by atoms with Crippen molar-refractivity contribution in [1.82, 2.24) is 25.3 Å². The topological polar surface area (TPSA) is 110 Å². The van der Waals surface area contributed by atoms with Gasteiger partial charge in [0.2, 0.25) is 11.8 Å². The van der Waals surface area contributed by atoms with Crippen molar-refractivity contribution in [3.8, 4) is 0 Å². The van der Waals surface area contributed by atoms with E-state index in [9.17, 15) is 9.59 Å². The number of likely N-dealkylation sites (tertiary alicyclic amines) is 1. The Kier molecular flexibility index (Phi) is 7.68. The summed E-state index contributed by atoms with van der Waals surface area (Å²) in [6.07, 6.45) is 1.25. The van der Waals surface area contributed by atoms with Gasteiger partial charge in [0.25, 0.3) is 0 Å². The number of alkyl carbamates (subject to hydrolysis) is 1. The maximum atomic E-state index is 13.0. The number of morpholine rings is 1. The van der Waals surface area contributed by atoms with Gasteiger partial charge in [0, 0.05) is 19.0 Å². The van der Waals surface area contributed by atoms with Crippen LogP contribution in [0.4, 0.5) is 4.79 Å². The Morgan fingerprint density at radius 1 is 1.09 bits per heavy atom. The normalized spacial score (nSPS) is 23.4. The third kappa shape index (κ3) is 7.14. The molecule has 186 valence electrons. The Bertz CT molecular complexity index is 815. The molecule has 0 aromatic carbocycles. The molecule has 3 heterocycles. The van der Waals surface area contributed by atoms with Crippen molar-refractivity contribution in [3.05, 3.63) is 11.7 Å². The fourth-order valence-corrected chi connectivity index (χ4v) is 4.33. The highest BCUT2D eigenvalue weighted by atomic mass is 16.6. The number of nitrogens with one attached hydrogen (secondary N) is 1. The van der Waals surface area contributed by atoms with Gasteiger partial charge in [-0.05, 0) is 74.4 Å². The van der Waals surface area contributed by atoms with Crippen LogP contribution in [0.25, 0.3) is 0 Å². The van der Waals surface area contributed by atoms with Gasteiger partial charge in [-0.15, -0.1) is 0 Å². The van der Waals surface area contributed by atoms with Crippen LogP contribution in [0.5, 0.6) is 0 Å². The summed E-state index contributed by atoms with van der Waals surface area (Å²) >= 11 is 0. The van der Waals surface area contributed by atoms with E-state index in [2.05, 4.69) is 20.4 Å². The lowest BCUT2D eigenvalue weighted by atomic mass is 9.94. The number of ether oxygens (including phenoxy) is 2. The van der Waals surface area contributed by atoms with E-state index in [1.807, 2.05) is 39.5 Å². The summed E-state index contributed by atoms with van der Waals surface area (Å²) in [5, 5.41) is 6.86. The van der Waals surface area contributed by atoms with Crippen molar-refractivity contribution in [2.75, 3.05) is 26.2 Å². The second kappa shape index (κ2) is 9.97. The monoisotopic (exact) mass is 465 g/mol. The SMILES string of the molecule is CC1CN(C(=O)C2CCN(Cc3nc(C(C)(C)NC(=O)OC(C)(C)C)no3)CC2)CC(C)O1. The van der Waals surface area contributed by atoms with Gasteiger partial charge >= 0.3 is 6.09 Å². The van der Waals surface area contributed by atoms with E-state index in [1.165, 1.54) is 0 Å². The minimum absolute atomic E-state index is 0.0500. The molecule has 0 bridgehead atoms. The highest BCUT2D eigenvalue weighted by Crippen LogP contribution is 2.24. The molecule has 0 spiro atoms. The summed E-state index contributed by atoms with van der Waals surface area (Å²) in [4.78, 5) is 33.8. The van der Waals surface area contributed by atoms with E-state index in [0.717, 1.165) is 25.9 Å². The number of nitrogens with zero attached hydrogens (tertiary/aromatic N) is 4. The highest BCUT2D eigenvalue weighted by Gasteiger charge is 2.34. The van der Waals surface area contributed by atoms with Gasteiger partial charge in [-0.2, -0.15) is 4.98 Å². The Morgan fingerprint density at radius 2 is 1.70 bits per heavy atom. The van der Waals surface area contributed by atoms with E-state index in [-0.39, 0.29) is 24.0 Å². The number of carbonyl (C=O) groups excluding carboxylic acids is 2. The molecule has 2 aliphatic rings. The van der Waals surface area contributed by atoms with Crippen molar-refractivity contribution in [3.63, 3.8) is 0 Å². The van der Waals surface area contributed by atoms with E-state index in [1.54, 1.807) is 13.8 Å². The molecule has 2 unspecified atom stereocenters. The minimum Gasteiger partial charge on any atom is -0.444 e. The number of rotatable bonds is 5. The maximum absolute atomic E-state index is 13.0. The first-order valence-corrected chi connectivity index (χ1v) is 11.8. The molecule has 3 rings (SSSR count). The second-order valence-corrected chi connectivity index (χ2v) is 10.8. The standard InChI is InChI=1S/C23H39N5O5/c1-15-12-28(13-16(2)31-15)19(29)17-8-10-27(11-9-17)14-18-24-20(26-33-18)23(6,7)25-21(30)32-22(3,4)5/h15-17H,8-14H2,1-7H3,(H,25,30). The lowest BCUT2D eigenvalue weighted by Crippen LogP contribution is -2.51. The molecule has 0 radical (unpaired) electrons. The minimum atomic E-state index is -0.837. The Balaban J connectivity index is 1.49. The van der Waals surface area contributed by atoms with Crippen LogP contribution in [-0.4, -0.2) is 75.9 Å².